The molecule has 1 N–H and O–H groups in total. The van der Waals surface area contributed by atoms with Crippen LogP contribution in [-0.2, 0) is 13.1 Å². The van der Waals surface area contributed by atoms with E-state index >= 15 is 0 Å². The molecule has 0 saturated carbocycles. The van der Waals surface area contributed by atoms with Crippen LogP contribution in [0.25, 0.3) is 0 Å². The lowest BCUT2D eigenvalue weighted by Gasteiger charge is -2.25. The van der Waals surface area contributed by atoms with Crippen LogP contribution in [0.15, 0.2) is 65.3 Å². The number of aryl methyl sites for hydroxylation is 1. The van der Waals surface area contributed by atoms with Gasteiger partial charge in [-0.3, -0.25) is 4.90 Å². The maximum Gasteiger partial charge on any atom is 0.165 e. The van der Waals surface area contributed by atoms with Gasteiger partial charge in [0.05, 0.1) is 27.0 Å². The highest BCUT2D eigenvalue weighted by atomic mass is 16.5. The second-order valence-electron chi connectivity index (χ2n) is 7.13. The maximum absolute atomic E-state index is 10.7. The predicted octanol–water partition coefficient (Wildman–Crippen LogP) is 4.05. The van der Waals surface area contributed by atoms with Crippen LogP contribution in [0, 0.1) is 6.92 Å². The minimum Gasteiger partial charge on any atom is -0.493 e. The Hall–Kier alpha value is -2.96. The highest BCUT2D eigenvalue weighted by Gasteiger charge is 2.18. The molecule has 1 heterocycles. The first-order valence-electron chi connectivity index (χ1n) is 9.91. The normalized spacial score (nSPS) is 12.0. The van der Waals surface area contributed by atoms with E-state index in [-0.39, 0.29) is 6.61 Å². The summed E-state index contributed by atoms with van der Waals surface area (Å²) in [5, 5.41) is 10.7. The van der Waals surface area contributed by atoms with Crippen LogP contribution in [-0.4, -0.2) is 43.5 Å². The second-order valence-corrected chi connectivity index (χ2v) is 7.13. The highest BCUT2D eigenvalue weighted by Crippen LogP contribution is 2.31. The van der Waals surface area contributed by atoms with Crippen LogP contribution < -0.4 is 14.2 Å². The van der Waals surface area contributed by atoms with E-state index < -0.39 is 6.10 Å². The molecular formula is C24H29NO5. The number of ether oxygens (including phenoxy) is 3. The van der Waals surface area contributed by atoms with E-state index in [1.807, 2.05) is 61.5 Å². The summed E-state index contributed by atoms with van der Waals surface area (Å²) in [6, 6.07) is 17.3. The summed E-state index contributed by atoms with van der Waals surface area (Å²) in [6.45, 7) is 3.71. The molecule has 0 bridgehead atoms. The van der Waals surface area contributed by atoms with Gasteiger partial charge in [-0.2, -0.15) is 0 Å². The zero-order valence-electron chi connectivity index (χ0n) is 17.7. The zero-order chi connectivity index (χ0) is 21.3. The summed E-state index contributed by atoms with van der Waals surface area (Å²) in [5.41, 5.74) is 2.01. The summed E-state index contributed by atoms with van der Waals surface area (Å²) >= 11 is 0. The quantitative estimate of drug-likeness (QED) is 0.514. The van der Waals surface area contributed by atoms with Gasteiger partial charge >= 0.3 is 0 Å². The highest BCUT2D eigenvalue weighted by molar-refractivity contribution is 5.46. The SMILES string of the molecule is COc1cccc(CN(Cc2ccco2)C[C@@H](O)COc2ccccc2C)c1OC. The molecule has 6 nitrogen and oxygen atoms in total. The van der Waals surface area contributed by atoms with Crippen molar-refractivity contribution in [2.24, 2.45) is 0 Å². The summed E-state index contributed by atoms with van der Waals surface area (Å²) in [6.07, 6.45) is 0.980. The van der Waals surface area contributed by atoms with Crippen molar-refractivity contribution in [2.75, 3.05) is 27.4 Å². The Bertz CT molecular complexity index is 910. The van der Waals surface area contributed by atoms with Gasteiger partial charge in [-0.05, 0) is 36.8 Å². The smallest absolute Gasteiger partial charge is 0.165 e. The standard InChI is InChI=1S/C24H29NO5/c1-18-8-4-5-11-22(18)30-17-20(26)15-25(16-21-10-7-13-29-21)14-19-9-6-12-23(27-2)24(19)28-3/h4-13,20,26H,14-17H2,1-3H3/t20-/m1/s1. The van der Waals surface area contributed by atoms with Gasteiger partial charge < -0.3 is 23.7 Å². The molecule has 3 rings (SSSR count). The van der Waals surface area contributed by atoms with Crippen LogP contribution in [0.4, 0.5) is 0 Å². The second kappa shape index (κ2) is 10.7. The van der Waals surface area contributed by atoms with Crippen LogP contribution in [0.5, 0.6) is 17.2 Å². The molecule has 0 aliphatic rings. The van der Waals surface area contributed by atoms with Crippen molar-refractivity contribution in [3.63, 3.8) is 0 Å². The molecule has 3 aromatic rings. The number of hydrogen-bond donors (Lipinski definition) is 1. The molecule has 0 unspecified atom stereocenters. The van der Waals surface area contributed by atoms with Gasteiger partial charge in [0.2, 0.25) is 0 Å². The zero-order valence-corrected chi connectivity index (χ0v) is 17.7. The number of furan rings is 1. The molecule has 0 fully saturated rings. The first-order valence-corrected chi connectivity index (χ1v) is 9.91. The average Bonchev–Trinajstić information content (AvgIpc) is 3.26. The fourth-order valence-corrected chi connectivity index (χ4v) is 3.38. The Labute approximate surface area is 177 Å². The van der Waals surface area contributed by atoms with Gasteiger partial charge in [0.25, 0.3) is 0 Å². The fourth-order valence-electron chi connectivity index (χ4n) is 3.38. The largest absolute Gasteiger partial charge is 0.493 e. The van der Waals surface area contributed by atoms with E-state index in [0.29, 0.717) is 31.1 Å². The van der Waals surface area contributed by atoms with E-state index in [9.17, 15) is 5.11 Å². The Morgan fingerprint density at radius 2 is 1.73 bits per heavy atom. The minimum absolute atomic E-state index is 0.203. The van der Waals surface area contributed by atoms with E-state index in [1.54, 1.807) is 20.5 Å². The fraction of sp³-hybridized carbons (Fsp3) is 0.333. The predicted molar refractivity (Wildman–Crippen MR) is 115 cm³/mol. The van der Waals surface area contributed by atoms with Crippen molar-refractivity contribution in [3.05, 3.63) is 77.7 Å². The van der Waals surface area contributed by atoms with Crippen molar-refractivity contribution >= 4 is 0 Å². The Kier molecular flexibility index (Phi) is 7.76. The monoisotopic (exact) mass is 411 g/mol. The molecule has 1 aromatic heterocycles. The van der Waals surface area contributed by atoms with Gasteiger partial charge in [-0.15, -0.1) is 0 Å². The third kappa shape index (κ3) is 5.78. The third-order valence-corrected chi connectivity index (χ3v) is 4.83. The number of methoxy groups -OCH3 is 2. The number of nitrogens with zero attached hydrogens (tertiary/aromatic N) is 1. The van der Waals surface area contributed by atoms with Crippen LogP contribution in [0.1, 0.15) is 16.9 Å². The molecule has 0 amide bonds. The molecule has 6 heteroatoms. The van der Waals surface area contributed by atoms with Crippen molar-refractivity contribution < 1.29 is 23.7 Å². The number of benzene rings is 2. The third-order valence-electron chi connectivity index (χ3n) is 4.83. The summed E-state index contributed by atoms with van der Waals surface area (Å²) in [7, 11) is 3.25. The molecule has 2 aromatic carbocycles. The molecule has 0 spiro atoms. The number of aliphatic hydroxyl groups is 1. The van der Waals surface area contributed by atoms with Gasteiger partial charge in [0, 0.05) is 18.7 Å². The van der Waals surface area contributed by atoms with Gasteiger partial charge in [0.15, 0.2) is 11.5 Å². The lowest BCUT2D eigenvalue weighted by Crippen LogP contribution is -2.35. The van der Waals surface area contributed by atoms with E-state index in [4.69, 9.17) is 18.6 Å². The average molecular weight is 411 g/mol. The van der Waals surface area contributed by atoms with Crippen LogP contribution in [0.3, 0.4) is 0 Å². The van der Waals surface area contributed by atoms with Gasteiger partial charge in [0.1, 0.15) is 24.2 Å². The molecular weight excluding hydrogens is 382 g/mol. The van der Waals surface area contributed by atoms with Gasteiger partial charge in [-0.1, -0.05) is 30.3 Å². The van der Waals surface area contributed by atoms with E-state index in [2.05, 4.69) is 4.90 Å². The van der Waals surface area contributed by atoms with E-state index in [0.717, 1.165) is 22.6 Å². The first kappa shape index (κ1) is 21.7. The van der Waals surface area contributed by atoms with Crippen LogP contribution >= 0.6 is 0 Å². The molecule has 0 saturated heterocycles. The van der Waals surface area contributed by atoms with Crippen molar-refractivity contribution in [3.8, 4) is 17.2 Å². The van der Waals surface area contributed by atoms with Crippen molar-refractivity contribution in [1.82, 2.24) is 4.90 Å². The number of rotatable bonds is 11. The Morgan fingerprint density at radius 1 is 0.933 bits per heavy atom. The molecule has 30 heavy (non-hydrogen) atoms. The lowest BCUT2D eigenvalue weighted by atomic mass is 10.1. The molecule has 0 aliphatic carbocycles. The van der Waals surface area contributed by atoms with Crippen LogP contribution in [0.2, 0.25) is 0 Å². The molecule has 160 valence electrons. The summed E-state index contributed by atoms with van der Waals surface area (Å²) in [4.78, 5) is 2.10. The number of aliphatic hydroxyl groups excluding tert-OH is 1. The molecule has 0 aliphatic heterocycles. The topological polar surface area (TPSA) is 64.3 Å². The first-order chi connectivity index (χ1) is 14.6. The summed E-state index contributed by atoms with van der Waals surface area (Å²) in [5.74, 6) is 2.97. The maximum atomic E-state index is 10.7. The summed E-state index contributed by atoms with van der Waals surface area (Å²) < 4.78 is 22.3. The van der Waals surface area contributed by atoms with E-state index in [1.165, 1.54) is 0 Å². The number of hydrogen-bond acceptors (Lipinski definition) is 6. The minimum atomic E-state index is -0.670. The van der Waals surface area contributed by atoms with Crippen molar-refractivity contribution in [1.29, 1.82) is 0 Å². The Balaban J connectivity index is 1.70. The Morgan fingerprint density at radius 3 is 2.43 bits per heavy atom. The number of para-hydroxylation sites is 2. The molecule has 1 atom stereocenters. The van der Waals surface area contributed by atoms with Crippen molar-refractivity contribution in [2.45, 2.75) is 26.1 Å². The molecule has 0 radical (unpaired) electrons. The van der Waals surface area contributed by atoms with Gasteiger partial charge in [-0.25, -0.2) is 0 Å². The lowest BCUT2D eigenvalue weighted by molar-refractivity contribution is 0.0599.